The zero-order chi connectivity index (χ0) is 19.4. The summed E-state index contributed by atoms with van der Waals surface area (Å²) in [5.74, 6) is 0.0740. The van der Waals surface area contributed by atoms with Crippen molar-refractivity contribution in [3.63, 3.8) is 0 Å². The molecule has 0 atom stereocenters. The van der Waals surface area contributed by atoms with Crippen LogP contribution in [0.3, 0.4) is 0 Å². The van der Waals surface area contributed by atoms with Gasteiger partial charge in [-0.3, -0.25) is 0 Å². The van der Waals surface area contributed by atoms with E-state index < -0.39 is 10.0 Å². The smallest absolute Gasteiger partial charge is 0.264 e. The highest BCUT2D eigenvalue weighted by Crippen LogP contribution is 2.18. The number of nitrogens with one attached hydrogen (secondary N) is 2. The van der Waals surface area contributed by atoms with Crippen LogP contribution in [0.15, 0.2) is 64.0 Å². The number of anilines is 2. The van der Waals surface area contributed by atoms with Gasteiger partial charge in [0, 0.05) is 28.1 Å². The third-order valence-corrected chi connectivity index (χ3v) is 5.66. The lowest BCUT2D eigenvalue weighted by Gasteiger charge is -2.10. The monoisotopic (exact) mass is 446 g/mol. The summed E-state index contributed by atoms with van der Waals surface area (Å²) in [6.07, 6.45) is 0. The molecule has 8 heteroatoms. The molecule has 0 amide bonds. The molecule has 1 heterocycles. The predicted molar refractivity (Wildman–Crippen MR) is 110 cm³/mol. The normalized spacial score (nSPS) is 11.2. The molecule has 1 aromatic heterocycles. The Bertz CT molecular complexity index is 1020. The third kappa shape index (κ3) is 5.27. The maximum Gasteiger partial charge on any atom is 0.264 e. The minimum atomic E-state index is -3.74. The van der Waals surface area contributed by atoms with E-state index in [4.69, 9.17) is 0 Å². The zero-order valence-corrected chi connectivity index (χ0v) is 17.3. The summed E-state index contributed by atoms with van der Waals surface area (Å²) in [6, 6.07) is 16.3. The van der Waals surface area contributed by atoms with Crippen LogP contribution in [0.4, 0.5) is 11.6 Å². The molecule has 3 rings (SSSR count). The summed E-state index contributed by atoms with van der Waals surface area (Å²) in [5, 5.41) is 3.27. The summed E-state index contributed by atoms with van der Waals surface area (Å²) >= 11 is 3.41. The van der Waals surface area contributed by atoms with Gasteiger partial charge in [-0.2, -0.15) is 0 Å². The quantitative estimate of drug-likeness (QED) is 0.590. The predicted octanol–water partition coefficient (Wildman–Crippen LogP) is 4.27. The van der Waals surface area contributed by atoms with Crippen LogP contribution in [0.1, 0.15) is 17.0 Å². The van der Waals surface area contributed by atoms with E-state index >= 15 is 0 Å². The second-order valence-corrected chi connectivity index (χ2v) is 8.68. The Morgan fingerprint density at radius 2 is 1.52 bits per heavy atom. The molecule has 2 aromatic carbocycles. The van der Waals surface area contributed by atoms with Crippen molar-refractivity contribution < 1.29 is 8.42 Å². The van der Waals surface area contributed by atoms with Crippen LogP contribution in [-0.4, -0.2) is 18.4 Å². The summed E-state index contributed by atoms with van der Waals surface area (Å²) in [5.41, 5.74) is 3.36. The van der Waals surface area contributed by atoms with E-state index in [-0.39, 0.29) is 10.8 Å². The number of sulfonamides is 1. The van der Waals surface area contributed by atoms with Crippen molar-refractivity contribution in [2.24, 2.45) is 0 Å². The SMILES string of the molecule is Cc1cc(C)nc(NS(=O)(=O)c2ccc(NCc3ccc(Br)cc3)cc2)n1. The van der Waals surface area contributed by atoms with Gasteiger partial charge in [-0.1, -0.05) is 28.1 Å². The molecular weight excluding hydrogens is 428 g/mol. The van der Waals surface area contributed by atoms with Crippen molar-refractivity contribution in [2.45, 2.75) is 25.3 Å². The van der Waals surface area contributed by atoms with Crippen molar-refractivity contribution in [3.05, 3.63) is 76.0 Å². The van der Waals surface area contributed by atoms with Gasteiger partial charge in [0.15, 0.2) is 0 Å². The second-order valence-electron chi connectivity index (χ2n) is 6.08. The van der Waals surface area contributed by atoms with Gasteiger partial charge in [0.25, 0.3) is 10.0 Å². The largest absolute Gasteiger partial charge is 0.381 e. The number of aryl methyl sites for hydroxylation is 2. The molecule has 0 bridgehead atoms. The van der Waals surface area contributed by atoms with Crippen molar-refractivity contribution in [3.8, 4) is 0 Å². The minimum absolute atomic E-state index is 0.0740. The molecule has 0 aliphatic carbocycles. The Morgan fingerprint density at radius 3 is 2.11 bits per heavy atom. The average molecular weight is 447 g/mol. The molecule has 0 fully saturated rings. The number of nitrogens with zero attached hydrogens (tertiary/aromatic N) is 2. The summed E-state index contributed by atoms with van der Waals surface area (Å²) < 4.78 is 28.5. The van der Waals surface area contributed by atoms with Crippen LogP contribution in [0.5, 0.6) is 0 Å². The number of halogens is 1. The van der Waals surface area contributed by atoms with Gasteiger partial charge >= 0.3 is 0 Å². The fourth-order valence-electron chi connectivity index (χ4n) is 2.51. The highest BCUT2D eigenvalue weighted by atomic mass is 79.9. The number of rotatable bonds is 6. The van der Waals surface area contributed by atoms with Crippen LogP contribution < -0.4 is 10.0 Å². The summed E-state index contributed by atoms with van der Waals surface area (Å²) in [7, 11) is -3.74. The fourth-order valence-corrected chi connectivity index (χ4v) is 3.72. The van der Waals surface area contributed by atoms with Crippen molar-refractivity contribution in [1.82, 2.24) is 9.97 Å². The molecule has 0 spiro atoms. The first-order valence-corrected chi connectivity index (χ1v) is 10.5. The van der Waals surface area contributed by atoms with E-state index in [1.807, 2.05) is 24.3 Å². The van der Waals surface area contributed by atoms with Crippen LogP contribution >= 0.6 is 15.9 Å². The highest BCUT2D eigenvalue weighted by Gasteiger charge is 2.16. The molecule has 0 aliphatic rings. The molecule has 0 saturated carbocycles. The van der Waals surface area contributed by atoms with Gasteiger partial charge in [0.2, 0.25) is 5.95 Å². The van der Waals surface area contributed by atoms with Gasteiger partial charge in [0.05, 0.1) is 4.90 Å². The van der Waals surface area contributed by atoms with E-state index in [0.29, 0.717) is 17.9 Å². The van der Waals surface area contributed by atoms with Gasteiger partial charge < -0.3 is 5.32 Å². The van der Waals surface area contributed by atoms with Crippen molar-refractivity contribution >= 4 is 37.6 Å². The Balaban J connectivity index is 1.68. The molecule has 2 N–H and O–H groups in total. The lowest BCUT2D eigenvalue weighted by molar-refractivity contribution is 0.601. The van der Waals surface area contributed by atoms with Crippen molar-refractivity contribution in [2.75, 3.05) is 10.0 Å². The Kier molecular flexibility index (Phi) is 5.76. The maximum atomic E-state index is 12.5. The molecule has 0 radical (unpaired) electrons. The van der Waals surface area contributed by atoms with E-state index in [2.05, 4.69) is 35.9 Å². The lowest BCUT2D eigenvalue weighted by atomic mass is 10.2. The summed E-state index contributed by atoms with van der Waals surface area (Å²) in [4.78, 5) is 8.38. The lowest BCUT2D eigenvalue weighted by Crippen LogP contribution is -2.15. The maximum absolute atomic E-state index is 12.5. The second kappa shape index (κ2) is 8.06. The number of hydrogen-bond acceptors (Lipinski definition) is 5. The Hall–Kier alpha value is -2.45. The molecular formula is C19H19BrN4O2S. The fraction of sp³-hybridized carbons (Fsp3) is 0.158. The first-order chi connectivity index (χ1) is 12.8. The molecule has 0 aliphatic heterocycles. The number of aromatic nitrogens is 2. The summed E-state index contributed by atoms with van der Waals surface area (Å²) in [6.45, 7) is 4.23. The zero-order valence-electron chi connectivity index (χ0n) is 14.9. The van der Waals surface area contributed by atoms with E-state index in [1.165, 1.54) is 0 Å². The first kappa shape index (κ1) is 19.3. The van der Waals surface area contributed by atoms with Crippen LogP contribution in [0, 0.1) is 13.8 Å². The van der Waals surface area contributed by atoms with Gasteiger partial charge in [-0.05, 0) is 61.9 Å². The molecule has 3 aromatic rings. The van der Waals surface area contributed by atoms with Crippen LogP contribution in [0.2, 0.25) is 0 Å². The Morgan fingerprint density at radius 1 is 0.926 bits per heavy atom. The standard InChI is InChI=1S/C19H19BrN4O2S/c1-13-11-14(2)23-19(22-13)24-27(25,26)18-9-7-17(8-10-18)21-12-15-3-5-16(20)6-4-15/h3-11,21H,12H2,1-2H3,(H,22,23,24). The van der Waals surface area contributed by atoms with Gasteiger partial charge in [0.1, 0.15) is 0 Å². The van der Waals surface area contributed by atoms with E-state index in [9.17, 15) is 8.42 Å². The molecule has 0 saturated heterocycles. The Labute approximate surface area is 167 Å². The first-order valence-electron chi connectivity index (χ1n) is 8.25. The molecule has 0 unspecified atom stereocenters. The minimum Gasteiger partial charge on any atom is -0.381 e. The topological polar surface area (TPSA) is 84.0 Å². The van der Waals surface area contributed by atoms with E-state index in [0.717, 1.165) is 15.7 Å². The highest BCUT2D eigenvalue weighted by molar-refractivity contribution is 9.10. The van der Waals surface area contributed by atoms with Crippen molar-refractivity contribution in [1.29, 1.82) is 0 Å². The molecule has 140 valence electrons. The third-order valence-electron chi connectivity index (χ3n) is 3.78. The van der Waals surface area contributed by atoms with E-state index in [1.54, 1.807) is 44.2 Å². The average Bonchev–Trinajstić information content (AvgIpc) is 2.60. The molecule has 6 nitrogen and oxygen atoms in total. The van der Waals surface area contributed by atoms with Gasteiger partial charge in [-0.15, -0.1) is 0 Å². The number of hydrogen-bond donors (Lipinski definition) is 2. The number of benzene rings is 2. The van der Waals surface area contributed by atoms with Crippen LogP contribution in [0.25, 0.3) is 0 Å². The molecule has 27 heavy (non-hydrogen) atoms. The van der Waals surface area contributed by atoms with Crippen LogP contribution in [-0.2, 0) is 16.6 Å². The van der Waals surface area contributed by atoms with Gasteiger partial charge in [-0.25, -0.2) is 23.1 Å².